The molecular formula is C18H24N6O4. The molecule has 2 aromatic heterocycles. The SMILES string of the molecule is CC#CCn1c(N2CCNCC2)nc2c1c(=O)n(C)c(=O)n2C(CC)C(=O)O. The Hall–Kier alpha value is -3.06. The molecule has 1 fully saturated rings. The number of anilines is 1. The summed E-state index contributed by atoms with van der Waals surface area (Å²) in [5, 5.41) is 12.9. The van der Waals surface area contributed by atoms with Gasteiger partial charge in [0.2, 0.25) is 5.95 Å². The summed E-state index contributed by atoms with van der Waals surface area (Å²) >= 11 is 0. The number of rotatable bonds is 5. The minimum atomic E-state index is -1.14. The van der Waals surface area contributed by atoms with Gasteiger partial charge in [0.1, 0.15) is 6.04 Å². The van der Waals surface area contributed by atoms with Crippen LogP contribution in [0.2, 0.25) is 0 Å². The van der Waals surface area contributed by atoms with Gasteiger partial charge in [-0.25, -0.2) is 9.59 Å². The second-order valence-electron chi connectivity index (χ2n) is 6.61. The van der Waals surface area contributed by atoms with Crippen LogP contribution in [-0.4, -0.2) is 55.9 Å². The molecule has 1 saturated heterocycles. The average molecular weight is 388 g/mol. The van der Waals surface area contributed by atoms with Crippen molar-refractivity contribution in [2.24, 2.45) is 7.05 Å². The Morgan fingerprint density at radius 2 is 2.00 bits per heavy atom. The molecule has 0 spiro atoms. The molecule has 0 amide bonds. The second-order valence-corrected chi connectivity index (χ2v) is 6.61. The fourth-order valence-electron chi connectivity index (χ4n) is 3.47. The summed E-state index contributed by atoms with van der Waals surface area (Å²) in [5.74, 6) is 5.14. The highest BCUT2D eigenvalue weighted by Crippen LogP contribution is 2.23. The number of carbonyl (C=O) groups is 1. The Balaban J connectivity index is 2.40. The average Bonchev–Trinajstić information content (AvgIpc) is 3.07. The van der Waals surface area contributed by atoms with Crippen LogP contribution in [0.15, 0.2) is 9.59 Å². The highest BCUT2D eigenvalue weighted by Gasteiger charge is 2.29. The summed E-state index contributed by atoms with van der Waals surface area (Å²) in [6, 6.07) is -1.11. The number of nitrogens with zero attached hydrogens (tertiary/aromatic N) is 5. The zero-order valence-corrected chi connectivity index (χ0v) is 16.2. The Labute approximate surface area is 161 Å². The van der Waals surface area contributed by atoms with Crippen molar-refractivity contribution in [1.82, 2.24) is 24.0 Å². The van der Waals surface area contributed by atoms with Crippen molar-refractivity contribution in [3.8, 4) is 11.8 Å². The quantitative estimate of drug-likeness (QED) is 0.655. The number of hydrogen-bond acceptors (Lipinski definition) is 6. The van der Waals surface area contributed by atoms with E-state index in [-0.39, 0.29) is 24.1 Å². The van der Waals surface area contributed by atoms with Crippen LogP contribution in [0, 0.1) is 11.8 Å². The fourth-order valence-corrected chi connectivity index (χ4v) is 3.47. The lowest BCUT2D eigenvalue weighted by molar-refractivity contribution is -0.141. The molecule has 150 valence electrons. The van der Waals surface area contributed by atoms with Crippen LogP contribution in [0.1, 0.15) is 26.3 Å². The molecule has 0 bridgehead atoms. The molecule has 1 unspecified atom stereocenters. The molecule has 3 rings (SSSR count). The van der Waals surface area contributed by atoms with Gasteiger partial charge in [0.05, 0.1) is 6.54 Å². The number of carboxylic acids is 1. The van der Waals surface area contributed by atoms with E-state index >= 15 is 0 Å². The highest BCUT2D eigenvalue weighted by atomic mass is 16.4. The summed E-state index contributed by atoms with van der Waals surface area (Å²) in [6.07, 6.45) is 0.188. The van der Waals surface area contributed by atoms with Gasteiger partial charge in [0, 0.05) is 33.2 Å². The first-order chi connectivity index (χ1) is 13.4. The maximum absolute atomic E-state index is 12.9. The van der Waals surface area contributed by atoms with Crippen molar-refractivity contribution in [3.05, 3.63) is 20.8 Å². The molecular weight excluding hydrogens is 364 g/mol. The Bertz CT molecular complexity index is 1080. The van der Waals surface area contributed by atoms with E-state index in [1.807, 2.05) is 4.90 Å². The van der Waals surface area contributed by atoms with E-state index in [0.717, 1.165) is 22.2 Å². The molecule has 2 aromatic rings. The third-order valence-corrected chi connectivity index (χ3v) is 4.95. The van der Waals surface area contributed by atoms with Crippen molar-refractivity contribution in [3.63, 3.8) is 0 Å². The first-order valence-electron chi connectivity index (χ1n) is 9.22. The first-order valence-corrected chi connectivity index (χ1v) is 9.22. The van der Waals surface area contributed by atoms with Gasteiger partial charge in [-0.1, -0.05) is 12.8 Å². The summed E-state index contributed by atoms with van der Waals surface area (Å²) < 4.78 is 3.73. The number of hydrogen-bond donors (Lipinski definition) is 2. The van der Waals surface area contributed by atoms with Crippen molar-refractivity contribution in [2.75, 3.05) is 31.1 Å². The summed E-state index contributed by atoms with van der Waals surface area (Å²) in [5.41, 5.74) is -0.917. The number of nitrogens with one attached hydrogen (secondary N) is 1. The molecule has 10 heteroatoms. The Morgan fingerprint density at radius 3 is 2.57 bits per heavy atom. The number of carboxylic acid groups (broad SMARTS) is 1. The van der Waals surface area contributed by atoms with Crippen LogP contribution in [0.5, 0.6) is 0 Å². The molecule has 2 N–H and O–H groups in total. The predicted octanol–water partition coefficient (Wildman–Crippen LogP) is -0.635. The number of piperazine rings is 1. The van der Waals surface area contributed by atoms with Crippen molar-refractivity contribution in [1.29, 1.82) is 0 Å². The first kappa shape index (κ1) is 19.7. The second kappa shape index (κ2) is 7.90. The van der Waals surface area contributed by atoms with Crippen LogP contribution in [0.25, 0.3) is 11.2 Å². The van der Waals surface area contributed by atoms with Gasteiger partial charge in [-0.05, 0) is 13.3 Å². The molecule has 1 atom stereocenters. The lowest BCUT2D eigenvalue weighted by Gasteiger charge is -2.28. The van der Waals surface area contributed by atoms with Crippen LogP contribution in [0.4, 0.5) is 5.95 Å². The summed E-state index contributed by atoms with van der Waals surface area (Å²) in [4.78, 5) is 44.1. The molecule has 28 heavy (non-hydrogen) atoms. The molecule has 1 aliphatic rings. The van der Waals surface area contributed by atoms with E-state index in [9.17, 15) is 19.5 Å². The molecule has 0 radical (unpaired) electrons. The maximum atomic E-state index is 12.9. The molecule has 3 heterocycles. The van der Waals surface area contributed by atoms with Crippen LogP contribution in [-0.2, 0) is 18.4 Å². The smallest absolute Gasteiger partial charge is 0.333 e. The lowest BCUT2D eigenvalue weighted by Crippen LogP contribution is -2.44. The largest absolute Gasteiger partial charge is 0.480 e. The van der Waals surface area contributed by atoms with E-state index in [1.165, 1.54) is 7.05 Å². The van der Waals surface area contributed by atoms with Crippen LogP contribution < -0.4 is 21.5 Å². The van der Waals surface area contributed by atoms with E-state index in [2.05, 4.69) is 22.1 Å². The van der Waals surface area contributed by atoms with Gasteiger partial charge in [0.15, 0.2) is 11.2 Å². The van der Waals surface area contributed by atoms with E-state index < -0.39 is 23.3 Å². The zero-order chi connectivity index (χ0) is 20.4. The van der Waals surface area contributed by atoms with Crippen LogP contribution >= 0.6 is 0 Å². The minimum absolute atomic E-state index is 0.0915. The van der Waals surface area contributed by atoms with E-state index in [4.69, 9.17) is 0 Å². The van der Waals surface area contributed by atoms with Crippen molar-refractivity contribution < 1.29 is 9.90 Å². The number of imidazole rings is 1. The fraction of sp³-hybridized carbons (Fsp3) is 0.556. The van der Waals surface area contributed by atoms with E-state index in [1.54, 1.807) is 18.4 Å². The topological polar surface area (TPSA) is 114 Å². The van der Waals surface area contributed by atoms with Gasteiger partial charge in [0.25, 0.3) is 5.56 Å². The lowest BCUT2D eigenvalue weighted by atomic mass is 10.2. The Kier molecular flexibility index (Phi) is 5.56. The zero-order valence-electron chi connectivity index (χ0n) is 16.2. The summed E-state index contributed by atoms with van der Waals surface area (Å²) in [7, 11) is 1.35. The molecule has 1 aliphatic heterocycles. The molecule has 10 nitrogen and oxygen atoms in total. The number of aromatic nitrogens is 4. The Morgan fingerprint density at radius 1 is 1.32 bits per heavy atom. The van der Waals surface area contributed by atoms with Gasteiger partial charge in [-0.2, -0.15) is 4.98 Å². The van der Waals surface area contributed by atoms with E-state index in [0.29, 0.717) is 19.0 Å². The maximum Gasteiger partial charge on any atom is 0.333 e. The van der Waals surface area contributed by atoms with Crippen molar-refractivity contribution >= 4 is 23.1 Å². The minimum Gasteiger partial charge on any atom is -0.480 e. The summed E-state index contributed by atoms with van der Waals surface area (Å²) in [6.45, 7) is 6.51. The van der Waals surface area contributed by atoms with Crippen molar-refractivity contribution in [2.45, 2.75) is 32.9 Å². The third kappa shape index (κ3) is 3.18. The highest BCUT2D eigenvalue weighted by molar-refractivity contribution is 5.79. The van der Waals surface area contributed by atoms with Gasteiger partial charge >= 0.3 is 11.7 Å². The van der Waals surface area contributed by atoms with Gasteiger partial charge in [-0.3, -0.25) is 18.5 Å². The monoisotopic (exact) mass is 388 g/mol. The van der Waals surface area contributed by atoms with Gasteiger partial charge < -0.3 is 15.3 Å². The molecule has 0 saturated carbocycles. The standard InChI is InChI=1S/C18H24N6O4/c1-4-6-9-23-13-14(20-17(23)22-10-7-19-8-11-22)24(12(5-2)16(26)27)18(28)21(3)15(13)25/h12,19H,5,7-11H2,1-3H3,(H,26,27). The normalized spacial score (nSPS) is 15.3. The number of aliphatic carboxylic acids is 1. The third-order valence-electron chi connectivity index (χ3n) is 4.95. The molecule has 0 aromatic carbocycles. The predicted molar refractivity (Wildman–Crippen MR) is 105 cm³/mol. The molecule has 0 aliphatic carbocycles. The van der Waals surface area contributed by atoms with Crippen LogP contribution in [0.3, 0.4) is 0 Å². The van der Waals surface area contributed by atoms with Gasteiger partial charge in [-0.15, -0.1) is 5.92 Å². The number of fused-ring (bicyclic) bond motifs is 1.